The Labute approximate surface area is 143 Å². The van der Waals surface area contributed by atoms with Crippen LogP contribution >= 0.6 is 12.2 Å². The third-order valence-corrected chi connectivity index (χ3v) is 3.04. The number of benzene rings is 1. The summed E-state index contributed by atoms with van der Waals surface area (Å²) in [4.78, 5) is 30.1. The van der Waals surface area contributed by atoms with Gasteiger partial charge >= 0.3 is 0 Å². The van der Waals surface area contributed by atoms with Gasteiger partial charge in [0.25, 0.3) is 5.91 Å². The highest BCUT2D eigenvalue weighted by Crippen LogP contribution is 2.29. The molecule has 2 N–H and O–H groups in total. The van der Waals surface area contributed by atoms with Gasteiger partial charge in [0.1, 0.15) is 10.4 Å². The van der Waals surface area contributed by atoms with Crippen LogP contribution in [-0.2, 0) is 14.3 Å². The van der Waals surface area contributed by atoms with Crippen LogP contribution in [0.25, 0.3) is 5.57 Å². The summed E-state index contributed by atoms with van der Waals surface area (Å²) in [5, 5.41) is 2.21. The Morgan fingerprint density at radius 1 is 1.33 bits per heavy atom. The molecule has 0 aliphatic heterocycles. The Morgan fingerprint density at radius 2 is 2.08 bits per heavy atom. The number of nitrogens with zero attached hydrogens (tertiary/aromatic N) is 1. The summed E-state index contributed by atoms with van der Waals surface area (Å²) in [6.07, 6.45) is 2.66. The molecule has 8 heteroatoms. The van der Waals surface area contributed by atoms with Crippen LogP contribution in [0.3, 0.4) is 0 Å². The van der Waals surface area contributed by atoms with Crippen LogP contribution in [0, 0.1) is 4.64 Å². The second-order valence-electron chi connectivity index (χ2n) is 4.63. The highest BCUT2D eigenvalue weighted by atomic mass is 32.1. The first kappa shape index (κ1) is 17.4. The van der Waals surface area contributed by atoms with Crippen LogP contribution < -0.4 is 10.1 Å². The van der Waals surface area contributed by atoms with Gasteiger partial charge in [0, 0.05) is 18.6 Å². The lowest BCUT2D eigenvalue weighted by molar-refractivity contribution is -0.126. The van der Waals surface area contributed by atoms with Crippen molar-refractivity contribution in [1.82, 2.24) is 15.3 Å². The predicted octanol–water partition coefficient (Wildman–Crippen LogP) is 2.58. The van der Waals surface area contributed by atoms with E-state index in [0.29, 0.717) is 21.8 Å². The summed E-state index contributed by atoms with van der Waals surface area (Å²) in [7, 11) is 1.41. The Bertz CT molecular complexity index is 845. The molecular formula is C16H15N3O4S. The number of nitrogens with one attached hydrogen (secondary N) is 2. The lowest BCUT2D eigenvalue weighted by Gasteiger charge is -2.13. The van der Waals surface area contributed by atoms with Crippen LogP contribution in [0.5, 0.6) is 11.6 Å². The molecule has 0 spiro atoms. The number of para-hydroxylation sites is 1. The summed E-state index contributed by atoms with van der Waals surface area (Å²) in [5.74, 6) is -0.316. The van der Waals surface area contributed by atoms with E-state index in [2.05, 4.69) is 15.3 Å². The third kappa shape index (κ3) is 4.50. The number of carbonyl (C=O) groups is 2. The van der Waals surface area contributed by atoms with Crippen LogP contribution in [0.1, 0.15) is 12.5 Å². The first-order valence-electron chi connectivity index (χ1n) is 6.88. The fraction of sp³-hybridized carbons (Fsp3) is 0.125. The van der Waals surface area contributed by atoms with Crippen LogP contribution in [0.15, 0.2) is 42.9 Å². The zero-order valence-electron chi connectivity index (χ0n) is 13.0. The van der Waals surface area contributed by atoms with Gasteiger partial charge in [0.15, 0.2) is 0 Å². The molecule has 0 fully saturated rings. The van der Waals surface area contributed by atoms with Gasteiger partial charge < -0.3 is 14.5 Å². The SMILES string of the molecule is CO/C=C(/C(=O)NC(C)=O)c1ccccc1Oc1cc(=S)nc[nH]1. The fourth-order valence-corrected chi connectivity index (χ4v) is 2.05. The molecule has 0 saturated carbocycles. The van der Waals surface area contributed by atoms with Gasteiger partial charge in [-0.15, -0.1) is 0 Å². The molecule has 2 aromatic rings. The molecule has 2 rings (SSSR count). The predicted molar refractivity (Wildman–Crippen MR) is 89.7 cm³/mol. The molecule has 24 heavy (non-hydrogen) atoms. The number of amides is 2. The molecule has 7 nitrogen and oxygen atoms in total. The average molecular weight is 345 g/mol. The van der Waals surface area contributed by atoms with Gasteiger partial charge in [0.05, 0.1) is 25.3 Å². The minimum atomic E-state index is -0.594. The standard InChI is InChI=1S/C16H15N3O4S/c1-10(20)19-16(21)12(8-22-2)11-5-3-4-6-13(11)23-14-7-15(24)18-9-17-14/h3-9H,1-2H3,(H,17,18,24)(H,19,20,21)/b12-8+. The lowest BCUT2D eigenvalue weighted by Crippen LogP contribution is -2.29. The largest absolute Gasteiger partial charge is 0.504 e. The van der Waals surface area contributed by atoms with E-state index in [1.807, 2.05) is 0 Å². The van der Waals surface area contributed by atoms with E-state index in [1.165, 1.54) is 26.6 Å². The van der Waals surface area contributed by atoms with Crippen molar-refractivity contribution in [3.63, 3.8) is 0 Å². The Balaban J connectivity index is 2.42. The summed E-state index contributed by atoms with van der Waals surface area (Å²) in [5.41, 5.74) is 0.602. The van der Waals surface area contributed by atoms with Crippen LogP contribution in [0.2, 0.25) is 0 Å². The van der Waals surface area contributed by atoms with Gasteiger partial charge in [0.2, 0.25) is 11.8 Å². The normalized spacial score (nSPS) is 10.8. The maximum Gasteiger partial charge on any atom is 0.261 e. The van der Waals surface area contributed by atoms with Crippen LogP contribution in [-0.4, -0.2) is 28.9 Å². The van der Waals surface area contributed by atoms with Crippen LogP contribution in [0.4, 0.5) is 0 Å². The molecule has 1 aromatic carbocycles. The van der Waals surface area contributed by atoms with Crippen molar-refractivity contribution >= 4 is 29.6 Å². The quantitative estimate of drug-likeness (QED) is 0.491. The van der Waals surface area contributed by atoms with Crippen molar-refractivity contribution in [3.05, 3.63) is 53.1 Å². The van der Waals surface area contributed by atoms with Gasteiger partial charge in [-0.1, -0.05) is 30.4 Å². The van der Waals surface area contributed by atoms with Crippen molar-refractivity contribution in [2.24, 2.45) is 0 Å². The number of ether oxygens (including phenoxy) is 2. The second-order valence-corrected chi connectivity index (χ2v) is 5.04. The molecule has 124 valence electrons. The highest BCUT2D eigenvalue weighted by Gasteiger charge is 2.18. The zero-order chi connectivity index (χ0) is 17.5. The number of carbonyl (C=O) groups excluding carboxylic acids is 2. The number of imide groups is 1. The number of methoxy groups -OCH3 is 1. The van der Waals surface area contributed by atoms with E-state index in [0.717, 1.165) is 0 Å². The van der Waals surface area contributed by atoms with Gasteiger partial charge in [-0.2, -0.15) is 0 Å². The maximum absolute atomic E-state index is 12.2. The Hall–Kier alpha value is -3.00. The number of aromatic amines is 1. The first-order valence-corrected chi connectivity index (χ1v) is 7.29. The Kier molecular flexibility index (Phi) is 5.80. The van der Waals surface area contributed by atoms with Gasteiger partial charge in [-0.05, 0) is 6.07 Å². The first-order chi connectivity index (χ1) is 11.5. The smallest absolute Gasteiger partial charge is 0.261 e. The summed E-state index contributed by atoms with van der Waals surface area (Å²) in [6, 6.07) is 8.39. The molecular weight excluding hydrogens is 330 g/mol. The van der Waals surface area contributed by atoms with Crippen molar-refractivity contribution < 1.29 is 19.1 Å². The number of H-pyrrole nitrogens is 1. The molecule has 1 aromatic heterocycles. The monoisotopic (exact) mass is 345 g/mol. The van der Waals surface area contributed by atoms with Crippen molar-refractivity contribution in [2.75, 3.05) is 7.11 Å². The van der Waals surface area contributed by atoms with E-state index >= 15 is 0 Å². The average Bonchev–Trinajstić information content (AvgIpc) is 2.53. The van der Waals surface area contributed by atoms with Crippen molar-refractivity contribution in [2.45, 2.75) is 6.92 Å². The second kappa shape index (κ2) is 8.02. The van der Waals surface area contributed by atoms with E-state index in [1.54, 1.807) is 30.3 Å². The summed E-state index contributed by atoms with van der Waals surface area (Å²) < 4.78 is 11.1. The van der Waals surface area contributed by atoms with Gasteiger partial charge in [-0.3, -0.25) is 14.9 Å². The fourth-order valence-electron chi connectivity index (χ4n) is 1.89. The number of hydrogen-bond donors (Lipinski definition) is 2. The molecule has 0 atom stereocenters. The molecule has 0 saturated heterocycles. The van der Waals surface area contributed by atoms with E-state index < -0.39 is 11.8 Å². The van der Waals surface area contributed by atoms with Crippen molar-refractivity contribution in [3.8, 4) is 11.6 Å². The number of hydrogen-bond acceptors (Lipinski definition) is 6. The molecule has 0 unspecified atom stereocenters. The third-order valence-electron chi connectivity index (χ3n) is 2.82. The zero-order valence-corrected chi connectivity index (χ0v) is 13.8. The highest BCUT2D eigenvalue weighted by molar-refractivity contribution is 7.71. The van der Waals surface area contributed by atoms with Gasteiger partial charge in [-0.25, -0.2) is 4.98 Å². The molecule has 0 bridgehead atoms. The van der Waals surface area contributed by atoms with E-state index in [4.69, 9.17) is 21.7 Å². The molecule has 0 radical (unpaired) electrons. The Morgan fingerprint density at radius 3 is 2.75 bits per heavy atom. The minimum Gasteiger partial charge on any atom is -0.504 e. The minimum absolute atomic E-state index is 0.149. The summed E-state index contributed by atoms with van der Waals surface area (Å²) in [6.45, 7) is 1.25. The molecule has 2 amide bonds. The molecule has 0 aliphatic carbocycles. The topological polar surface area (TPSA) is 93.3 Å². The molecule has 0 aliphatic rings. The van der Waals surface area contributed by atoms with E-state index in [9.17, 15) is 9.59 Å². The maximum atomic E-state index is 12.2. The summed E-state index contributed by atoms with van der Waals surface area (Å²) >= 11 is 4.99. The van der Waals surface area contributed by atoms with E-state index in [-0.39, 0.29) is 5.57 Å². The van der Waals surface area contributed by atoms with Crippen molar-refractivity contribution in [1.29, 1.82) is 0 Å². The lowest BCUT2D eigenvalue weighted by atomic mass is 10.1. The number of rotatable bonds is 5. The number of aromatic nitrogens is 2. The molecule has 1 heterocycles.